The molecule has 2 heterocycles. The zero-order valence-electron chi connectivity index (χ0n) is 12.0. The van der Waals surface area contributed by atoms with Gasteiger partial charge in [-0.3, -0.25) is 4.98 Å². The van der Waals surface area contributed by atoms with Crippen LogP contribution in [0.25, 0.3) is 21.8 Å². The van der Waals surface area contributed by atoms with Gasteiger partial charge in [-0.2, -0.15) is 4.73 Å². The van der Waals surface area contributed by atoms with Gasteiger partial charge in [-0.1, -0.05) is 30.3 Å². The standard InChI is InChI=1S/C9H6BrNO.C9H6BrN/c10-8-5-7-3-1-2-4-9(7)11(12)6-8;10-8-5-7-3-1-2-4-9(7)11-6-8/h1-6H;1-6H. The van der Waals surface area contributed by atoms with Crippen LogP contribution < -0.4 is 4.73 Å². The highest BCUT2D eigenvalue weighted by molar-refractivity contribution is 9.10. The molecule has 4 rings (SSSR count). The second-order valence-electron chi connectivity index (χ2n) is 4.89. The number of benzene rings is 2. The predicted molar refractivity (Wildman–Crippen MR) is 100 cm³/mol. The van der Waals surface area contributed by atoms with Gasteiger partial charge in [0.1, 0.15) is 0 Å². The highest BCUT2D eigenvalue weighted by atomic mass is 79.9. The number of hydrogen-bond donors (Lipinski definition) is 0. The van der Waals surface area contributed by atoms with Crippen LogP contribution in [0.4, 0.5) is 0 Å². The van der Waals surface area contributed by atoms with Gasteiger partial charge in [0.25, 0.3) is 0 Å². The lowest BCUT2D eigenvalue weighted by Crippen LogP contribution is -2.26. The molecule has 0 aliphatic carbocycles. The van der Waals surface area contributed by atoms with Crippen molar-refractivity contribution in [3.8, 4) is 0 Å². The summed E-state index contributed by atoms with van der Waals surface area (Å²) >= 11 is 6.63. The van der Waals surface area contributed by atoms with E-state index in [1.54, 1.807) is 6.07 Å². The molecule has 0 unspecified atom stereocenters. The summed E-state index contributed by atoms with van der Waals surface area (Å²) in [7, 11) is 0. The number of pyridine rings is 2. The Balaban J connectivity index is 0.000000136. The van der Waals surface area contributed by atoms with E-state index in [1.807, 2.05) is 54.7 Å². The minimum Gasteiger partial charge on any atom is -0.618 e. The van der Waals surface area contributed by atoms with Crippen LogP contribution in [0.5, 0.6) is 0 Å². The summed E-state index contributed by atoms with van der Waals surface area (Å²) in [5.74, 6) is 0. The van der Waals surface area contributed by atoms with Gasteiger partial charge < -0.3 is 5.21 Å². The van der Waals surface area contributed by atoms with Crippen molar-refractivity contribution in [2.45, 2.75) is 0 Å². The average molecular weight is 432 g/mol. The summed E-state index contributed by atoms with van der Waals surface area (Å²) in [4.78, 5) is 4.23. The van der Waals surface area contributed by atoms with Crippen LogP contribution in [-0.2, 0) is 0 Å². The molecule has 0 radical (unpaired) electrons. The van der Waals surface area contributed by atoms with Crippen LogP contribution in [0, 0.1) is 5.21 Å². The Morgan fingerprint density at radius 1 is 0.826 bits per heavy atom. The minimum atomic E-state index is 0.695. The third-order valence-corrected chi connectivity index (χ3v) is 4.13. The van der Waals surface area contributed by atoms with Gasteiger partial charge in [0, 0.05) is 27.5 Å². The quantitative estimate of drug-likeness (QED) is 0.282. The molecule has 4 aromatic rings. The molecule has 0 fully saturated rings. The maximum atomic E-state index is 11.3. The summed E-state index contributed by atoms with van der Waals surface area (Å²) in [5.41, 5.74) is 1.73. The third-order valence-electron chi connectivity index (χ3n) is 3.27. The second kappa shape index (κ2) is 7.06. The fraction of sp³-hybridized carbons (Fsp3) is 0. The third kappa shape index (κ3) is 3.86. The topological polar surface area (TPSA) is 39.8 Å². The van der Waals surface area contributed by atoms with Gasteiger partial charge in [0.05, 0.1) is 9.99 Å². The molecule has 23 heavy (non-hydrogen) atoms. The van der Waals surface area contributed by atoms with Gasteiger partial charge in [0.15, 0.2) is 6.20 Å². The van der Waals surface area contributed by atoms with Crippen molar-refractivity contribution in [2.75, 3.05) is 0 Å². The van der Waals surface area contributed by atoms with E-state index in [4.69, 9.17) is 0 Å². The van der Waals surface area contributed by atoms with E-state index in [-0.39, 0.29) is 0 Å². The van der Waals surface area contributed by atoms with Gasteiger partial charge in [0.2, 0.25) is 5.52 Å². The van der Waals surface area contributed by atoms with Crippen molar-refractivity contribution in [3.63, 3.8) is 0 Å². The predicted octanol–water partition coefficient (Wildman–Crippen LogP) is 5.23. The lowest BCUT2D eigenvalue weighted by molar-refractivity contribution is -0.577. The molecule has 0 aliphatic heterocycles. The number of fused-ring (bicyclic) bond motifs is 2. The zero-order chi connectivity index (χ0) is 16.2. The molecule has 0 N–H and O–H groups in total. The van der Waals surface area contributed by atoms with Gasteiger partial charge >= 0.3 is 0 Å². The number of nitrogens with zero attached hydrogens (tertiary/aromatic N) is 2. The Hall–Kier alpha value is -1.98. The van der Waals surface area contributed by atoms with Crippen molar-refractivity contribution in [2.24, 2.45) is 0 Å². The molecular formula is C18H12Br2N2O. The largest absolute Gasteiger partial charge is 0.618 e. The van der Waals surface area contributed by atoms with Gasteiger partial charge in [-0.15, -0.1) is 0 Å². The fourth-order valence-corrected chi connectivity index (χ4v) is 3.00. The molecule has 2 aromatic carbocycles. The summed E-state index contributed by atoms with van der Waals surface area (Å²) in [6, 6.07) is 19.5. The van der Waals surface area contributed by atoms with Crippen LogP contribution in [0.3, 0.4) is 0 Å². The van der Waals surface area contributed by atoms with Crippen molar-refractivity contribution in [1.82, 2.24) is 4.98 Å². The summed E-state index contributed by atoms with van der Waals surface area (Å²) in [6.07, 6.45) is 3.31. The van der Waals surface area contributed by atoms with E-state index >= 15 is 0 Å². The fourth-order valence-electron chi connectivity index (χ4n) is 2.22. The molecule has 0 atom stereocenters. The smallest absolute Gasteiger partial charge is 0.223 e. The summed E-state index contributed by atoms with van der Waals surface area (Å²) in [6.45, 7) is 0. The molecule has 3 nitrogen and oxygen atoms in total. The first-order valence-electron chi connectivity index (χ1n) is 6.91. The van der Waals surface area contributed by atoms with Crippen LogP contribution in [-0.4, -0.2) is 4.98 Å². The van der Waals surface area contributed by atoms with E-state index < -0.39 is 0 Å². The summed E-state index contributed by atoms with van der Waals surface area (Å²) < 4.78 is 2.69. The molecular weight excluding hydrogens is 420 g/mol. The molecule has 0 bridgehead atoms. The maximum Gasteiger partial charge on any atom is 0.223 e. The maximum absolute atomic E-state index is 11.3. The SMILES string of the molecule is Brc1cnc2ccccc2c1.[O-][n+]1cc(Br)cc2ccccc21. The number of hydrogen-bond acceptors (Lipinski definition) is 2. The first-order chi connectivity index (χ1) is 11.1. The van der Waals surface area contributed by atoms with E-state index in [2.05, 4.69) is 42.9 Å². The van der Waals surface area contributed by atoms with Crippen LogP contribution in [0.15, 0.2) is 82.0 Å². The van der Waals surface area contributed by atoms with Crippen molar-refractivity contribution < 1.29 is 4.73 Å². The van der Waals surface area contributed by atoms with Crippen LogP contribution in [0.1, 0.15) is 0 Å². The second-order valence-corrected chi connectivity index (χ2v) is 6.72. The van der Waals surface area contributed by atoms with E-state index in [9.17, 15) is 5.21 Å². The van der Waals surface area contributed by atoms with E-state index in [0.717, 1.165) is 24.6 Å². The monoisotopic (exact) mass is 430 g/mol. The van der Waals surface area contributed by atoms with Crippen molar-refractivity contribution in [3.05, 3.63) is 87.2 Å². The Morgan fingerprint density at radius 3 is 2.30 bits per heavy atom. The lowest BCUT2D eigenvalue weighted by atomic mass is 10.2. The molecule has 0 amide bonds. The highest BCUT2D eigenvalue weighted by Gasteiger charge is 2.02. The first-order valence-corrected chi connectivity index (χ1v) is 8.50. The molecule has 114 valence electrons. The Labute approximate surface area is 150 Å². The average Bonchev–Trinajstić information content (AvgIpc) is 2.55. The number of aromatic nitrogens is 2. The highest BCUT2D eigenvalue weighted by Crippen LogP contribution is 2.16. The van der Waals surface area contributed by atoms with Crippen molar-refractivity contribution in [1.29, 1.82) is 0 Å². The Bertz CT molecular complexity index is 973. The Morgan fingerprint density at radius 2 is 1.48 bits per heavy atom. The van der Waals surface area contributed by atoms with Gasteiger partial charge in [-0.05, 0) is 56.1 Å². The van der Waals surface area contributed by atoms with Gasteiger partial charge in [-0.25, -0.2) is 0 Å². The molecule has 0 aliphatic rings. The normalized spacial score (nSPS) is 10.3. The van der Waals surface area contributed by atoms with Crippen LogP contribution >= 0.6 is 31.9 Å². The molecule has 5 heteroatoms. The van der Waals surface area contributed by atoms with Crippen molar-refractivity contribution >= 4 is 53.7 Å². The van der Waals surface area contributed by atoms with E-state index in [0.29, 0.717) is 5.52 Å². The van der Waals surface area contributed by atoms with Crippen LogP contribution in [0.2, 0.25) is 0 Å². The first kappa shape index (κ1) is 15.9. The molecule has 0 spiro atoms. The zero-order valence-corrected chi connectivity index (χ0v) is 15.2. The number of para-hydroxylation sites is 2. The molecule has 2 aromatic heterocycles. The molecule has 0 saturated carbocycles. The number of halogens is 2. The van der Waals surface area contributed by atoms with E-state index in [1.165, 1.54) is 11.6 Å². The molecule has 0 saturated heterocycles. The minimum absolute atomic E-state index is 0.695. The Kier molecular flexibility index (Phi) is 4.88. The number of rotatable bonds is 0. The lowest BCUT2D eigenvalue weighted by Gasteiger charge is -2.00. The summed E-state index contributed by atoms with van der Waals surface area (Å²) in [5, 5.41) is 13.4.